The molecule has 1 aliphatic rings. The molecule has 0 aromatic carbocycles. The molecular formula is C16H17FN4O. The summed E-state index contributed by atoms with van der Waals surface area (Å²) in [5, 5.41) is 0. The van der Waals surface area contributed by atoms with Gasteiger partial charge in [-0.05, 0) is 31.0 Å². The molecule has 1 amide bonds. The fourth-order valence-electron chi connectivity index (χ4n) is 2.72. The lowest BCUT2D eigenvalue weighted by atomic mass is 10.1. The van der Waals surface area contributed by atoms with Crippen LogP contribution in [0.25, 0.3) is 0 Å². The van der Waals surface area contributed by atoms with Gasteiger partial charge in [0.15, 0.2) is 0 Å². The highest BCUT2D eigenvalue weighted by atomic mass is 19.1. The first-order chi connectivity index (χ1) is 10.6. The minimum absolute atomic E-state index is 0.0116. The molecule has 3 rings (SSSR count). The number of pyridine rings is 1. The van der Waals surface area contributed by atoms with Gasteiger partial charge in [-0.25, -0.2) is 14.4 Å². The summed E-state index contributed by atoms with van der Waals surface area (Å²) in [5.74, 6) is -0.381. The van der Waals surface area contributed by atoms with E-state index >= 15 is 0 Å². The summed E-state index contributed by atoms with van der Waals surface area (Å²) in [4.78, 5) is 26.7. The molecule has 0 radical (unpaired) electrons. The van der Waals surface area contributed by atoms with Crippen molar-refractivity contribution in [3.63, 3.8) is 0 Å². The molecule has 5 nitrogen and oxygen atoms in total. The van der Waals surface area contributed by atoms with Crippen molar-refractivity contribution in [2.75, 3.05) is 13.1 Å². The first-order valence-electron chi connectivity index (χ1n) is 7.31. The Morgan fingerprint density at radius 3 is 2.82 bits per heavy atom. The molecule has 0 atom stereocenters. The van der Waals surface area contributed by atoms with Crippen LogP contribution < -0.4 is 0 Å². The third kappa shape index (κ3) is 3.10. The molecule has 22 heavy (non-hydrogen) atoms. The molecule has 2 aromatic heterocycles. The molecule has 0 bridgehead atoms. The minimum Gasteiger partial charge on any atom is -0.342 e. The van der Waals surface area contributed by atoms with Crippen LogP contribution in [0.1, 0.15) is 22.6 Å². The zero-order valence-corrected chi connectivity index (χ0v) is 12.4. The molecule has 2 aromatic rings. The van der Waals surface area contributed by atoms with Crippen molar-refractivity contribution >= 4 is 5.91 Å². The van der Waals surface area contributed by atoms with E-state index in [4.69, 9.17) is 0 Å². The first-order valence-corrected chi connectivity index (χ1v) is 7.31. The number of rotatable bonds is 2. The number of nitrogens with zero attached hydrogens (tertiary/aromatic N) is 4. The molecular weight excluding hydrogens is 283 g/mol. The average Bonchev–Trinajstić information content (AvgIpc) is 2.73. The average molecular weight is 300 g/mol. The van der Waals surface area contributed by atoms with E-state index in [1.54, 1.807) is 12.4 Å². The van der Waals surface area contributed by atoms with Crippen molar-refractivity contribution < 1.29 is 9.18 Å². The number of hydrogen-bond acceptors (Lipinski definition) is 4. The smallest absolute Gasteiger partial charge is 0.228 e. The molecule has 0 aliphatic carbocycles. The number of amides is 1. The van der Waals surface area contributed by atoms with Gasteiger partial charge in [0.2, 0.25) is 5.91 Å². The number of carbonyl (C=O) groups excluding carboxylic acids is 1. The van der Waals surface area contributed by atoms with Crippen LogP contribution in [-0.2, 0) is 24.1 Å². The number of fused-ring (bicyclic) bond motifs is 1. The van der Waals surface area contributed by atoms with Gasteiger partial charge in [0.1, 0.15) is 12.1 Å². The van der Waals surface area contributed by atoms with Gasteiger partial charge in [-0.1, -0.05) is 0 Å². The summed E-state index contributed by atoms with van der Waals surface area (Å²) in [6.45, 7) is 3.27. The maximum atomic E-state index is 12.9. The number of carbonyl (C=O) groups is 1. The Kier molecular flexibility index (Phi) is 4.09. The van der Waals surface area contributed by atoms with Crippen molar-refractivity contribution in [3.8, 4) is 0 Å². The maximum absolute atomic E-state index is 12.9. The van der Waals surface area contributed by atoms with Gasteiger partial charge in [-0.15, -0.1) is 0 Å². The lowest BCUT2D eigenvalue weighted by molar-refractivity contribution is -0.130. The largest absolute Gasteiger partial charge is 0.342 e. The Labute approximate surface area is 128 Å². The SMILES string of the molecule is Cc1ncnc2c1CCN(C(=O)Cc1ccc(F)cn1)CC2. The standard InChI is InChI=1S/C16H17FN4O/c1-11-14-4-6-21(7-5-15(14)20-10-19-11)16(22)8-13-3-2-12(17)9-18-13/h2-3,9-10H,4-8H2,1H3. The summed E-state index contributed by atoms with van der Waals surface area (Å²) in [6.07, 6.45) is 4.42. The Balaban J connectivity index is 1.68. The zero-order chi connectivity index (χ0) is 15.5. The van der Waals surface area contributed by atoms with Crippen LogP contribution in [0, 0.1) is 12.7 Å². The monoisotopic (exact) mass is 300 g/mol. The van der Waals surface area contributed by atoms with E-state index in [9.17, 15) is 9.18 Å². The molecule has 0 unspecified atom stereocenters. The highest BCUT2D eigenvalue weighted by Crippen LogP contribution is 2.16. The number of aromatic nitrogens is 3. The van der Waals surface area contributed by atoms with Crippen LogP contribution >= 0.6 is 0 Å². The number of aryl methyl sites for hydroxylation is 1. The van der Waals surface area contributed by atoms with E-state index in [1.165, 1.54) is 6.07 Å². The minimum atomic E-state index is -0.393. The van der Waals surface area contributed by atoms with E-state index in [2.05, 4.69) is 15.0 Å². The Morgan fingerprint density at radius 2 is 2.05 bits per heavy atom. The molecule has 0 spiro atoms. The lowest BCUT2D eigenvalue weighted by Crippen LogP contribution is -2.34. The molecule has 0 saturated carbocycles. The van der Waals surface area contributed by atoms with E-state index in [-0.39, 0.29) is 12.3 Å². The lowest BCUT2D eigenvalue weighted by Gasteiger charge is -2.20. The summed E-state index contributed by atoms with van der Waals surface area (Å²) in [6, 6.07) is 2.88. The van der Waals surface area contributed by atoms with Gasteiger partial charge in [0.05, 0.1) is 12.6 Å². The quantitative estimate of drug-likeness (QED) is 0.843. The van der Waals surface area contributed by atoms with Crippen LogP contribution in [-0.4, -0.2) is 38.8 Å². The Hall–Kier alpha value is -2.37. The van der Waals surface area contributed by atoms with E-state index < -0.39 is 5.82 Å². The number of halogens is 1. The predicted octanol–water partition coefficient (Wildman–Crippen LogP) is 1.49. The summed E-state index contributed by atoms with van der Waals surface area (Å²) >= 11 is 0. The van der Waals surface area contributed by atoms with Gasteiger partial charge in [-0.3, -0.25) is 9.78 Å². The molecule has 1 aliphatic heterocycles. The molecule has 114 valence electrons. The van der Waals surface area contributed by atoms with Gasteiger partial charge >= 0.3 is 0 Å². The van der Waals surface area contributed by atoms with Crippen LogP contribution in [0.5, 0.6) is 0 Å². The Morgan fingerprint density at radius 1 is 1.23 bits per heavy atom. The fraction of sp³-hybridized carbons (Fsp3) is 0.375. The molecule has 3 heterocycles. The van der Waals surface area contributed by atoms with E-state index in [0.29, 0.717) is 18.8 Å². The van der Waals surface area contributed by atoms with Gasteiger partial charge in [0, 0.05) is 36.6 Å². The summed E-state index contributed by atoms with van der Waals surface area (Å²) in [7, 11) is 0. The highest BCUT2D eigenvalue weighted by molar-refractivity contribution is 5.78. The van der Waals surface area contributed by atoms with Gasteiger partial charge < -0.3 is 4.90 Å². The molecule has 0 N–H and O–H groups in total. The molecule has 0 fully saturated rings. The second kappa shape index (κ2) is 6.17. The third-order valence-corrected chi connectivity index (χ3v) is 3.97. The summed E-state index contributed by atoms with van der Waals surface area (Å²) < 4.78 is 12.9. The van der Waals surface area contributed by atoms with Crippen molar-refractivity contribution in [1.29, 1.82) is 0 Å². The summed E-state index contributed by atoms with van der Waals surface area (Å²) in [5.41, 5.74) is 3.75. The van der Waals surface area contributed by atoms with Gasteiger partial charge in [0.25, 0.3) is 0 Å². The molecule has 6 heteroatoms. The fourth-order valence-corrected chi connectivity index (χ4v) is 2.72. The topological polar surface area (TPSA) is 59.0 Å². The van der Waals surface area contributed by atoms with Crippen molar-refractivity contribution in [2.45, 2.75) is 26.2 Å². The molecule has 0 saturated heterocycles. The third-order valence-electron chi connectivity index (χ3n) is 3.97. The second-order valence-electron chi connectivity index (χ2n) is 5.41. The predicted molar refractivity (Wildman–Crippen MR) is 78.7 cm³/mol. The van der Waals surface area contributed by atoms with Crippen molar-refractivity contribution in [1.82, 2.24) is 19.9 Å². The normalized spacial score (nSPS) is 14.4. The van der Waals surface area contributed by atoms with E-state index in [0.717, 1.165) is 36.0 Å². The zero-order valence-electron chi connectivity index (χ0n) is 12.4. The second-order valence-corrected chi connectivity index (χ2v) is 5.41. The number of hydrogen-bond donors (Lipinski definition) is 0. The van der Waals surface area contributed by atoms with E-state index in [1.807, 2.05) is 11.8 Å². The van der Waals surface area contributed by atoms with Crippen molar-refractivity contribution in [3.05, 3.63) is 53.1 Å². The maximum Gasteiger partial charge on any atom is 0.228 e. The Bertz CT molecular complexity index is 687. The first kappa shape index (κ1) is 14.6. The van der Waals surface area contributed by atoms with Gasteiger partial charge in [-0.2, -0.15) is 0 Å². The van der Waals surface area contributed by atoms with Crippen LogP contribution in [0.15, 0.2) is 24.7 Å². The van der Waals surface area contributed by atoms with Crippen LogP contribution in [0.2, 0.25) is 0 Å². The van der Waals surface area contributed by atoms with Crippen molar-refractivity contribution in [2.24, 2.45) is 0 Å². The van der Waals surface area contributed by atoms with Crippen LogP contribution in [0.3, 0.4) is 0 Å². The highest BCUT2D eigenvalue weighted by Gasteiger charge is 2.20. The van der Waals surface area contributed by atoms with Crippen LogP contribution in [0.4, 0.5) is 4.39 Å².